The molecule has 0 bridgehead atoms. The summed E-state index contributed by atoms with van der Waals surface area (Å²) >= 11 is -0.282. The molecule has 1 fully saturated rings. The number of hydrogen-bond donors (Lipinski definition) is 1. The van der Waals surface area contributed by atoms with Gasteiger partial charge in [-0.2, -0.15) is 13.2 Å². The summed E-state index contributed by atoms with van der Waals surface area (Å²) in [6.07, 6.45) is 0.455. The van der Waals surface area contributed by atoms with Gasteiger partial charge < -0.3 is 10.0 Å². The van der Waals surface area contributed by atoms with Gasteiger partial charge in [0.15, 0.2) is 0 Å². The number of aliphatic hydroxyl groups excluding tert-OH is 1. The first-order chi connectivity index (χ1) is 15.2. The molecule has 2 aromatic carbocycles. The summed E-state index contributed by atoms with van der Waals surface area (Å²) < 4.78 is 37.7. The number of fused-ring (bicyclic) bond motifs is 1. The number of carbonyl (C=O) groups excluding carboxylic acids is 2. The Kier molecular flexibility index (Phi) is 5.83. The third-order valence-electron chi connectivity index (χ3n) is 5.11. The lowest BCUT2D eigenvalue weighted by Gasteiger charge is -2.24. The second kappa shape index (κ2) is 8.44. The number of anilines is 1. The van der Waals surface area contributed by atoms with Crippen LogP contribution in [0.15, 0.2) is 65.7 Å². The molecule has 6 nitrogen and oxygen atoms in total. The van der Waals surface area contributed by atoms with E-state index in [1.54, 1.807) is 12.3 Å². The molecule has 1 saturated heterocycles. The fourth-order valence-electron chi connectivity index (χ4n) is 3.75. The molecule has 166 valence electrons. The third-order valence-corrected chi connectivity index (χ3v) is 5.85. The minimum Gasteiger partial charge on any atom is -0.391 e. The van der Waals surface area contributed by atoms with Crippen molar-refractivity contribution in [2.75, 3.05) is 4.90 Å². The van der Waals surface area contributed by atoms with Gasteiger partial charge in [0.25, 0.3) is 5.91 Å². The average molecular weight is 461 g/mol. The van der Waals surface area contributed by atoms with Crippen LogP contribution in [0.5, 0.6) is 0 Å². The van der Waals surface area contributed by atoms with Crippen LogP contribution in [0.3, 0.4) is 0 Å². The monoisotopic (exact) mass is 461 g/mol. The molecule has 2 atom stereocenters. The maximum absolute atomic E-state index is 13.2. The van der Waals surface area contributed by atoms with Gasteiger partial charge in [-0.25, -0.2) is 9.69 Å². The van der Waals surface area contributed by atoms with Crippen molar-refractivity contribution in [3.63, 3.8) is 0 Å². The number of hydrogen-bond acceptors (Lipinski definition) is 5. The molecule has 4 rings (SSSR count). The maximum Gasteiger partial charge on any atom is 0.446 e. The zero-order chi connectivity index (χ0) is 23.0. The predicted octanol–water partition coefficient (Wildman–Crippen LogP) is 4.56. The highest BCUT2D eigenvalue weighted by Crippen LogP contribution is 2.38. The molecule has 3 amide bonds. The fraction of sp³-hybridized carbons (Fsp3) is 0.227. The Morgan fingerprint density at radius 1 is 1.09 bits per heavy atom. The Morgan fingerprint density at radius 3 is 2.44 bits per heavy atom. The van der Waals surface area contributed by atoms with Crippen LogP contribution in [0.4, 0.5) is 23.7 Å². The minimum absolute atomic E-state index is 0.0572. The molecular formula is C22H18F3N3O3S. The molecule has 1 aliphatic heterocycles. The number of nitrogens with zero attached hydrogens (tertiary/aromatic N) is 3. The van der Waals surface area contributed by atoms with E-state index >= 15 is 0 Å². The Hall–Kier alpha value is -3.11. The van der Waals surface area contributed by atoms with Gasteiger partial charge in [0.2, 0.25) is 0 Å². The van der Waals surface area contributed by atoms with Crippen LogP contribution in [0.1, 0.15) is 12.5 Å². The zero-order valence-electron chi connectivity index (χ0n) is 16.8. The van der Waals surface area contributed by atoms with Crippen LogP contribution in [-0.4, -0.2) is 44.6 Å². The summed E-state index contributed by atoms with van der Waals surface area (Å²) in [4.78, 5) is 32.6. The summed E-state index contributed by atoms with van der Waals surface area (Å²) in [5.74, 6) is -0.639. The van der Waals surface area contributed by atoms with Gasteiger partial charge >= 0.3 is 11.5 Å². The summed E-state index contributed by atoms with van der Waals surface area (Å²) in [5.41, 5.74) is -2.82. The highest BCUT2D eigenvalue weighted by atomic mass is 32.2. The van der Waals surface area contributed by atoms with Crippen LogP contribution >= 0.6 is 11.8 Å². The number of thioether (sulfide) groups is 1. The van der Waals surface area contributed by atoms with Crippen molar-refractivity contribution < 1.29 is 27.9 Å². The van der Waals surface area contributed by atoms with Crippen molar-refractivity contribution in [2.24, 2.45) is 0 Å². The number of halogens is 3. The van der Waals surface area contributed by atoms with Crippen LogP contribution < -0.4 is 4.90 Å². The van der Waals surface area contributed by atoms with Gasteiger partial charge in [-0.3, -0.25) is 9.78 Å². The molecule has 0 aliphatic carbocycles. The summed E-state index contributed by atoms with van der Waals surface area (Å²) in [5, 5.41) is 11.1. The molecule has 0 radical (unpaired) electrons. The van der Waals surface area contributed by atoms with Gasteiger partial charge in [-0.05, 0) is 60.6 Å². The smallest absolute Gasteiger partial charge is 0.391 e. The second-order valence-corrected chi connectivity index (χ2v) is 8.44. The molecule has 1 aliphatic rings. The topological polar surface area (TPSA) is 73.7 Å². The molecule has 32 heavy (non-hydrogen) atoms. The summed E-state index contributed by atoms with van der Waals surface area (Å²) in [6, 6.07) is 12.3. The first kappa shape index (κ1) is 22.1. The predicted molar refractivity (Wildman–Crippen MR) is 114 cm³/mol. The Labute approximate surface area is 185 Å². The van der Waals surface area contributed by atoms with E-state index in [-0.39, 0.29) is 28.9 Å². The first-order valence-electron chi connectivity index (χ1n) is 9.67. The number of aliphatic hydroxyl groups is 1. The average Bonchev–Trinajstić information content (AvgIpc) is 2.97. The molecule has 0 saturated carbocycles. The zero-order valence-corrected chi connectivity index (χ0v) is 17.6. The quantitative estimate of drug-likeness (QED) is 0.445. The van der Waals surface area contributed by atoms with E-state index in [2.05, 4.69) is 4.98 Å². The number of urea groups is 1. The maximum atomic E-state index is 13.2. The number of imide groups is 1. The van der Waals surface area contributed by atoms with Crippen LogP contribution in [0, 0.1) is 0 Å². The van der Waals surface area contributed by atoms with Crippen molar-refractivity contribution in [3.8, 4) is 0 Å². The molecular weight excluding hydrogens is 443 g/mol. The van der Waals surface area contributed by atoms with Gasteiger partial charge in [0.1, 0.15) is 6.04 Å². The molecule has 1 unspecified atom stereocenters. The molecule has 2 heterocycles. The van der Waals surface area contributed by atoms with Crippen LogP contribution in [0.2, 0.25) is 0 Å². The number of benzene rings is 2. The van der Waals surface area contributed by atoms with Crippen molar-refractivity contribution in [2.45, 2.75) is 36.0 Å². The van der Waals surface area contributed by atoms with E-state index in [4.69, 9.17) is 0 Å². The number of pyridine rings is 1. The summed E-state index contributed by atoms with van der Waals surface area (Å²) in [6.45, 7) is 1.47. The van der Waals surface area contributed by atoms with Crippen molar-refractivity contribution in [1.29, 1.82) is 0 Å². The van der Waals surface area contributed by atoms with Crippen LogP contribution in [0.25, 0.3) is 10.9 Å². The van der Waals surface area contributed by atoms with E-state index in [1.807, 2.05) is 24.3 Å². The standard InChI is InChI=1S/C22H18F3N3O3S/c1-13(29)19-20(30)28(15-6-8-16(9-7-15)32-22(23,24)25)21(31)27(19)12-14-10-11-26-18-5-3-2-4-17(14)18/h2-11,13,19,29H,12H2,1H3/t13-,19?/m1/s1. The lowest BCUT2D eigenvalue weighted by atomic mass is 10.1. The second-order valence-electron chi connectivity index (χ2n) is 7.30. The Balaban J connectivity index is 1.65. The van der Waals surface area contributed by atoms with Gasteiger partial charge in [0, 0.05) is 23.0 Å². The number of rotatable bonds is 5. The number of aromatic nitrogens is 1. The largest absolute Gasteiger partial charge is 0.446 e. The van der Waals surface area contributed by atoms with E-state index in [0.717, 1.165) is 21.4 Å². The molecule has 0 spiro atoms. The number of carbonyl (C=O) groups is 2. The van der Waals surface area contributed by atoms with Crippen LogP contribution in [-0.2, 0) is 11.3 Å². The minimum atomic E-state index is -4.44. The number of amides is 3. The van der Waals surface area contributed by atoms with E-state index in [9.17, 15) is 27.9 Å². The van der Waals surface area contributed by atoms with E-state index in [0.29, 0.717) is 0 Å². The Morgan fingerprint density at radius 2 is 1.78 bits per heavy atom. The first-order valence-corrected chi connectivity index (χ1v) is 10.5. The van der Waals surface area contributed by atoms with Crippen molar-refractivity contribution >= 4 is 40.3 Å². The lowest BCUT2D eigenvalue weighted by Crippen LogP contribution is -2.42. The molecule has 1 N–H and O–H groups in total. The number of para-hydroxylation sites is 1. The molecule has 1 aromatic heterocycles. The van der Waals surface area contributed by atoms with Gasteiger partial charge in [-0.15, -0.1) is 0 Å². The van der Waals surface area contributed by atoms with Crippen molar-refractivity contribution in [3.05, 3.63) is 66.4 Å². The Bertz CT molecular complexity index is 1160. The highest BCUT2D eigenvalue weighted by Gasteiger charge is 2.48. The number of alkyl halides is 3. The lowest BCUT2D eigenvalue weighted by molar-refractivity contribution is -0.122. The fourth-order valence-corrected chi connectivity index (χ4v) is 4.29. The third kappa shape index (κ3) is 4.28. The van der Waals surface area contributed by atoms with Gasteiger partial charge in [0.05, 0.1) is 17.3 Å². The molecule has 3 aromatic rings. The normalized spacial score (nSPS) is 18.0. The van der Waals surface area contributed by atoms with E-state index < -0.39 is 29.6 Å². The van der Waals surface area contributed by atoms with Crippen molar-refractivity contribution in [1.82, 2.24) is 9.88 Å². The van der Waals surface area contributed by atoms with E-state index in [1.165, 1.54) is 36.1 Å². The molecule has 10 heteroatoms. The SMILES string of the molecule is C[C@@H](O)C1C(=O)N(c2ccc(SC(F)(F)F)cc2)C(=O)N1Cc1ccnc2ccccc12. The summed E-state index contributed by atoms with van der Waals surface area (Å²) in [7, 11) is 0. The van der Waals surface area contributed by atoms with Gasteiger partial charge in [-0.1, -0.05) is 18.2 Å². The highest BCUT2D eigenvalue weighted by molar-refractivity contribution is 8.00.